The molecule has 0 saturated heterocycles. The van der Waals surface area contributed by atoms with Crippen molar-refractivity contribution in [1.82, 2.24) is 9.97 Å². The molecule has 1 heterocycles. The van der Waals surface area contributed by atoms with Crippen molar-refractivity contribution in [2.75, 3.05) is 0 Å². The molecule has 1 aromatic heterocycles. The van der Waals surface area contributed by atoms with Crippen LogP contribution in [0, 0.1) is 5.82 Å². The molecule has 5 heteroatoms. The predicted octanol–water partition coefficient (Wildman–Crippen LogP) is 3.08. The van der Waals surface area contributed by atoms with Gasteiger partial charge in [-0.1, -0.05) is 29.3 Å². The van der Waals surface area contributed by atoms with E-state index in [1.54, 1.807) is 6.07 Å². The van der Waals surface area contributed by atoms with Crippen LogP contribution in [0.1, 0.15) is 0 Å². The first-order valence-corrected chi connectivity index (χ1v) is 4.21. The van der Waals surface area contributed by atoms with Gasteiger partial charge in [0.1, 0.15) is 5.52 Å². The summed E-state index contributed by atoms with van der Waals surface area (Å²) in [7, 11) is 0. The third kappa shape index (κ3) is 1.45. The monoisotopic (exact) mass is 216 g/mol. The average Bonchev–Trinajstić information content (AvgIpc) is 2.09. The first-order chi connectivity index (χ1) is 6.18. The summed E-state index contributed by atoms with van der Waals surface area (Å²) < 4.78 is 13.1. The molecule has 0 aliphatic heterocycles. The quantitative estimate of drug-likeness (QED) is 0.677. The van der Waals surface area contributed by atoms with E-state index < -0.39 is 5.82 Å². The molecule has 2 nitrogen and oxygen atoms in total. The van der Waals surface area contributed by atoms with Crippen LogP contribution in [-0.2, 0) is 0 Å². The van der Waals surface area contributed by atoms with Gasteiger partial charge in [0, 0.05) is 0 Å². The van der Waals surface area contributed by atoms with Crippen molar-refractivity contribution in [2.45, 2.75) is 0 Å². The molecule has 0 aliphatic rings. The number of para-hydroxylation sites is 1. The van der Waals surface area contributed by atoms with Crippen LogP contribution in [0.4, 0.5) is 4.39 Å². The highest BCUT2D eigenvalue weighted by molar-refractivity contribution is 6.40. The Morgan fingerprint density at radius 2 is 1.77 bits per heavy atom. The van der Waals surface area contributed by atoms with Gasteiger partial charge < -0.3 is 0 Å². The molecular formula is C8H3Cl2FN2. The Hall–Kier alpha value is -0.930. The third-order valence-electron chi connectivity index (χ3n) is 1.56. The van der Waals surface area contributed by atoms with E-state index >= 15 is 0 Å². The lowest BCUT2D eigenvalue weighted by Gasteiger charge is -1.99. The standard InChI is InChI=1S/C8H3Cl2FN2/c9-7-8(10)13-6-4(11)2-1-3-5(6)12-7/h1-3H. The Morgan fingerprint density at radius 3 is 2.54 bits per heavy atom. The fourth-order valence-electron chi connectivity index (χ4n) is 1.00. The highest BCUT2D eigenvalue weighted by Gasteiger charge is 2.07. The molecule has 0 atom stereocenters. The molecule has 0 N–H and O–H groups in total. The SMILES string of the molecule is Fc1cccc2nc(Cl)c(Cl)nc12. The van der Waals surface area contributed by atoms with Gasteiger partial charge in [-0.25, -0.2) is 14.4 Å². The Bertz CT molecular complexity index is 473. The number of hydrogen-bond acceptors (Lipinski definition) is 2. The van der Waals surface area contributed by atoms with Crippen molar-refractivity contribution in [3.05, 3.63) is 34.3 Å². The molecule has 0 amide bonds. The maximum atomic E-state index is 13.1. The van der Waals surface area contributed by atoms with Gasteiger partial charge in [0.15, 0.2) is 16.1 Å². The molecule has 2 aromatic rings. The van der Waals surface area contributed by atoms with E-state index in [-0.39, 0.29) is 15.8 Å². The van der Waals surface area contributed by atoms with E-state index in [1.165, 1.54) is 12.1 Å². The molecule has 2 rings (SSSR count). The minimum Gasteiger partial charge on any atom is -0.231 e. The normalized spacial score (nSPS) is 10.7. The van der Waals surface area contributed by atoms with Gasteiger partial charge in [0.05, 0.1) is 5.52 Å². The van der Waals surface area contributed by atoms with Gasteiger partial charge >= 0.3 is 0 Å². The number of nitrogens with zero attached hydrogens (tertiary/aromatic N) is 2. The van der Waals surface area contributed by atoms with Gasteiger partial charge in [-0.3, -0.25) is 0 Å². The number of hydrogen-bond donors (Lipinski definition) is 0. The minimum atomic E-state index is -0.455. The first kappa shape index (κ1) is 8.66. The fourth-order valence-corrected chi connectivity index (χ4v) is 1.26. The van der Waals surface area contributed by atoms with E-state index in [0.29, 0.717) is 5.52 Å². The number of benzene rings is 1. The second kappa shape index (κ2) is 3.09. The summed E-state index contributed by atoms with van der Waals surface area (Å²) >= 11 is 11.2. The lowest BCUT2D eigenvalue weighted by molar-refractivity contribution is 0.636. The Kier molecular flexibility index (Phi) is 2.06. The van der Waals surface area contributed by atoms with Gasteiger partial charge in [0.25, 0.3) is 0 Å². The minimum absolute atomic E-state index is 0.0132. The molecular weight excluding hydrogens is 214 g/mol. The summed E-state index contributed by atoms with van der Waals surface area (Å²) in [6.07, 6.45) is 0. The zero-order valence-corrected chi connectivity index (χ0v) is 7.77. The second-order valence-electron chi connectivity index (χ2n) is 2.41. The Labute approximate surface area is 83.3 Å². The second-order valence-corrected chi connectivity index (χ2v) is 3.13. The Balaban J connectivity index is 2.89. The summed E-state index contributed by atoms with van der Waals surface area (Å²) in [6, 6.07) is 4.45. The van der Waals surface area contributed by atoms with Gasteiger partial charge in [-0.05, 0) is 12.1 Å². The smallest absolute Gasteiger partial charge is 0.167 e. The number of aromatic nitrogens is 2. The van der Waals surface area contributed by atoms with Crippen LogP contribution in [0.3, 0.4) is 0 Å². The Morgan fingerprint density at radius 1 is 1.08 bits per heavy atom. The van der Waals surface area contributed by atoms with Crippen LogP contribution in [-0.4, -0.2) is 9.97 Å². The summed E-state index contributed by atoms with van der Waals surface area (Å²) in [5, 5.41) is 0.0963. The lowest BCUT2D eigenvalue weighted by Crippen LogP contribution is -1.89. The van der Waals surface area contributed by atoms with Crippen molar-refractivity contribution in [1.29, 1.82) is 0 Å². The fraction of sp³-hybridized carbons (Fsp3) is 0. The third-order valence-corrected chi connectivity index (χ3v) is 2.19. The van der Waals surface area contributed by atoms with Gasteiger partial charge in [0.2, 0.25) is 0 Å². The largest absolute Gasteiger partial charge is 0.231 e. The van der Waals surface area contributed by atoms with Crippen molar-refractivity contribution >= 4 is 34.2 Å². The van der Waals surface area contributed by atoms with Crippen LogP contribution in [0.15, 0.2) is 18.2 Å². The molecule has 0 unspecified atom stereocenters. The predicted molar refractivity (Wildman–Crippen MR) is 49.5 cm³/mol. The molecule has 13 heavy (non-hydrogen) atoms. The molecule has 0 aliphatic carbocycles. The van der Waals surface area contributed by atoms with E-state index in [1.807, 2.05) is 0 Å². The van der Waals surface area contributed by atoms with E-state index in [2.05, 4.69) is 9.97 Å². The molecule has 1 aromatic carbocycles. The van der Waals surface area contributed by atoms with Crippen LogP contribution < -0.4 is 0 Å². The highest BCUT2D eigenvalue weighted by Crippen LogP contribution is 2.22. The van der Waals surface area contributed by atoms with Gasteiger partial charge in [-0.2, -0.15) is 0 Å². The summed E-state index contributed by atoms with van der Waals surface area (Å²) in [5.41, 5.74) is 0.534. The van der Waals surface area contributed by atoms with E-state index in [0.717, 1.165) is 0 Å². The van der Waals surface area contributed by atoms with Crippen LogP contribution in [0.5, 0.6) is 0 Å². The molecule has 0 saturated carbocycles. The van der Waals surface area contributed by atoms with Crippen molar-refractivity contribution < 1.29 is 4.39 Å². The zero-order valence-electron chi connectivity index (χ0n) is 6.26. The van der Waals surface area contributed by atoms with Crippen molar-refractivity contribution in [2.24, 2.45) is 0 Å². The summed E-state index contributed by atoms with van der Waals surface area (Å²) in [4.78, 5) is 7.64. The number of rotatable bonds is 0. The molecule has 0 fully saturated rings. The first-order valence-electron chi connectivity index (χ1n) is 3.46. The molecule has 0 spiro atoms. The molecule has 66 valence electrons. The zero-order chi connectivity index (χ0) is 9.42. The van der Waals surface area contributed by atoms with Crippen LogP contribution >= 0.6 is 23.2 Å². The molecule has 0 radical (unpaired) electrons. The lowest BCUT2D eigenvalue weighted by atomic mass is 10.3. The number of halogens is 3. The summed E-state index contributed by atoms with van der Waals surface area (Å²) in [5.74, 6) is -0.455. The number of fused-ring (bicyclic) bond motifs is 1. The maximum absolute atomic E-state index is 13.1. The maximum Gasteiger partial charge on any atom is 0.167 e. The molecule has 0 bridgehead atoms. The average molecular weight is 217 g/mol. The van der Waals surface area contributed by atoms with E-state index in [9.17, 15) is 4.39 Å². The van der Waals surface area contributed by atoms with Crippen LogP contribution in [0.2, 0.25) is 10.3 Å². The van der Waals surface area contributed by atoms with Crippen LogP contribution in [0.25, 0.3) is 11.0 Å². The van der Waals surface area contributed by atoms with Crippen molar-refractivity contribution in [3.8, 4) is 0 Å². The van der Waals surface area contributed by atoms with Crippen molar-refractivity contribution in [3.63, 3.8) is 0 Å². The highest BCUT2D eigenvalue weighted by atomic mass is 35.5. The van der Waals surface area contributed by atoms with E-state index in [4.69, 9.17) is 23.2 Å². The van der Waals surface area contributed by atoms with Gasteiger partial charge in [-0.15, -0.1) is 0 Å². The summed E-state index contributed by atoms with van der Waals surface area (Å²) in [6.45, 7) is 0. The topological polar surface area (TPSA) is 25.8 Å².